The minimum absolute atomic E-state index is 0.00122. The van der Waals surface area contributed by atoms with Crippen molar-refractivity contribution in [2.45, 2.75) is 32.2 Å². The van der Waals surface area contributed by atoms with Crippen LogP contribution in [0.15, 0.2) is 24.4 Å². The van der Waals surface area contributed by atoms with E-state index in [1.54, 1.807) is 6.20 Å². The van der Waals surface area contributed by atoms with E-state index in [9.17, 15) is 4.79 Å². The first-order chi connectivity index (χ1) is 9.70. The Labute approximate surface area is 120 Å². The van der Waals surface area contributed by atoms with Gasteiger partial charge in [-0.2, -0.15) is 0 Å². The topological polar surface area (TPSA) is 62.5 Å². The maximum Gasteiger partial charge on any atom is 0.224 e. The summed E-state index contributed by atoms with van der Waals surface area (Å²) in [6, 6.07) is 5.91. The molecule has 1 saturated heterocycles. The van der Waals surface area contributed by atoms with Crippen LogP contribution in [0.5, 0.6) is 0 Å². The highest BCUT2D eigenvalue weighted by Gasteiger charge is 2.22. The van der Waals surface area contributed by atoms with Gasteiger partial charge in [-0.25, -0.2) is 4.98 Å². The number of nitrogens with two attached hydrogens (primary N) is 1. The molecular formula is C15H24N4O. The molecule has 2 N–H and O–H groups in total. The number of rotatable bonds is 5. The molecule has 0 saturated carbocycles. The quantitative estimate of drug-likeness (QED) is 0.879. The van der Waals surface area contributed by atoms with E-state index < -0.39 is 0 Å². The lowest BCUT2D eigenvalue weighted by atomic mass is 10.1. The second-order valence-electron chi connectivity index (χ2n) is 5.31. The number of carbonyl (C=O) groups is 1. The Morgan fingerprint density at radius 3 is 2.70 bits per heavy atom. The van der Waals surface area contributed by atoms with Gasteiger partial charge in [0.1, 0.15) is 5.82 Å². The molecule has 5 nitrogen and oxygen atoms in total. The number of nitrogens with zero attached hydrogens (tertiary/aromatic N) is 3. The van der Waals surface area contributed by atoms with Gasteiger partial charge in [-0.05, 0) is 18.6 Å². The standard InChI is InChI=1S/C15H24N4O/c1-2-5-13(16)12-15(20)19-10-8-18(9-11-19)14-6-3-4-7-17-14/h3-4,6-7,13H,2,5,8-12,16H2,1H3. The van der Waals surface area contributed by atoms with E-state index in [2.05, 4.69) is 16.8 Å². The largest absolute Gasteiger partial charge is 0.353 e. The van der Waals surface area contributed by atoms with Gasteiger partial charge in [-0.3, -0.25) is 4.79 Å². The summed E-state index contributed by atoms with van der Waals surface area (Å²) in [5, 5.41) is 0. The second kappa shape index (κ2) is 7.24. The smallest absolute Gasteiger partial charge is 0.224 e. The average Bonchev–Trinajstić information content (AvgIpc) is 2.48. The Balaban J connectivity index is 1.80. The molecule has 0 bridgehead atoms. The first-order valence-corrected chi connectivity index (χ1v) is 7.40. The van der Waals surface area contributed by atoms with Crippen LogP contribution < -0.4 is 10.6 Å². The van der Waals surface area contributed by atoms with E-state index in [1.165, 1.54) is 0 Å². The van der Waals surface area contributed by atoms with Crippen LogP contribution in [0.4, 0.5) is 5.82 Å². The molecule has 1 unspecified atom stereocenters. The van der Waals surface area contributed by atoms with Crippen molar-refractivity contribution >= 4 is 11.7 Å². The van der Waals surface area contributed by atoms with E-state index in [1.807, 2.05) is 23.1 Å². The van der Waals surface area contributed by atoms with E-state index in [4.69, 9.17) is 5.73 Å². The van der Waals surface area contributed by atoms with Crippen molar-refractivity contribution in [3.63, 3.8) is 0 Å². The minimum atomic E-state index is 0.00122. The van der Waals surface area contributed by atoms with E-state index in [0.29, 0.717) is 6.42 Å². The predicted octanol–water partition coefficient (Wildman–Crippen LogP) is 1.25. The number of amides is 1. The van der Waals surface area contributed by atoms with Crippen molar-refractivity contribution in [2.75, 3.05) is 31.1 Å². The minimum Gasteiger partial charge on any atom is -0.353 e. The molecule has 0 aliphatic carbocycles. The molecule has 2 rings (SSSR count). The average molecular weight is 276 g/mol. The number of piperazine rings is 1. The van der Waals surface area contributed by atoms with Gasteiger partial charge in [0.2, 0.25) is 5.91 Å². The molecule has 20 heavy (non-hydrogen) atoms. The van der Waals surface area contributed by atoms with Gasteiger partial charge in [-0.1, -0.05) is 19.4 Å². The number of hydrogen-bond acceptors (Lipinski definition) is 4. The molecule has 5 heteroatoms. The third-order valence-corrected chi connectivity index (χ3v) is 3.70. The number of hydrogen-bond donors (Lipinski definition) is 1. The summed E-state index contributed by atoms with van der Waals surface area (Å²) >= 11 is 0. The first kappa shape index (κ1) is 14.8. The molecule has 2 heterocycles. The van der Waals surface area contributed by atoms with Crippen molar-refractivity contribution in [1.29, 1.82) is 0 Å². The second-order valence-corrected chi connectivity index (χ2v) is 5.31. The maximum absolute atomic E-state index is 12.1. The first-order valence-electron chi connectivity index (χ1n) is 7.40. The van der Waals surface area contributed by atoms with Crippen molar-refractivity contribution < 1.29 is 4.79 Å². The van der Waals surface area contributed by atoms with Gasteiger partial charge in [0.25, 0.3) is 0 Å². The zero-order valence-electron chi connectivity index (χ0n) is 12.2. The van der Waals surface area contributed by atoms with Gasteiger partial charge in [0, 0.05) is 44.8 Å². The van der Waals surface area contributed by atoms with Crippen LogP contribution >= 0.6 is 0 Å². The fraction of sp³-hybridized carbons (Fsp3) is 0.600. The number of carbonyl (C=O) groups excluding carboxylic acids is 1. The van der Waals surface area contributed by atoms with Crippen molar-refractivity contribution in [1.82, 2.24) is 9.88 Å². The Bertz CT molecular complexity index is 415. The number of pyridine rings is 1. The summed E-state index contributed by atoms with van der Waals surface area (Å²) in [6.07, 6.45) is 4.22. The molecule has 0 radical (unpaired) electrons. The summed E-state index contributed by atoms with van der Waals surface area (Å²) in [5.74, 6) is 1.17. The van der Waals surface area contributed by atoms with Crippen LogP contribution in [0.3, 0.4) is 0 Å². The molecule has 1 aromatic rings. The summed E-state index contributed by atoms with van der Waals surface area (Å²) < 4.78 is 0. The van der Waals surface area contributed by atoms with Crippen LogP contribution in [0.1, 0.15) is 26.2 Å². The Morgan fingerprint density at radius 1 is 1.35 bits per heavy atom. The lowest BCUT2D eigenvalue weighted by Gasteiger charge is -2.35. The highest BCUT2D eigenvalue weighted by Crippen LogP contribution is 2.13. The highest BCUT2D eigenvalue weighted by molar-refractivity contribution is 5.77. The fourth-order valence-electron chi connectivity index (χ4n) is 2.55. The Hall–Kier alpha value is -1.62. The van der Waals surface area contributed by atoms with E-state index >= 15 is 0 Å². The van der Waals surface area contributed by atoms with Crippen LogP contribution in [0.2, 0.25) is 0 Å². The molecule has 1 fully saturated rings. The zero-order valence-corrected chi connectivity index (χ0v) is 12.2. The SMILES string of the molecule is CCCC(N)CC(=O)N1CCN(c2ccccn2)CC1. The van der Waals surface area contributed by atoms with Crippen molar-refractivity contribution in [3.05, 3.63) is 24.4 Å². The zero-order chi connectivity index (χ0) is 14.4. The number of aromatic nitrogens is 1. The van der Waals surface area contributed by atoms with Gasteiger partial charge < -0.3 is 15.5 Å². The molecule has 1 aliphatic rings. The van der Waals surface area contributed by atoms with Gasteiger partial charge in [-0.15, -0.1) is 0 Å². The summed E-state index contributed by atoms with van der Waals surface area (Å²) in [5.41, 5.74) is 5.94. The Kier molecular flexibility index (Phi) is 5.35. The normalized spacial score (nSPS) is 17.1. The van der Waals surface area contributed by atoms with Gasteiger partial charge in [0.05, 0.1) is 0 Å². The lowest BCUT2D eigenvalue weighted by Crippen LogP contribution is -2.50. The highest BCUT2D eigenvalue weighted by atomic mass is 16.2. The molecular weight excluding hydrogens is 252 g/mol. The lowest BCUT2D eigenvalue weighted by molar-refractivity contribution is -0.131. The van der Waals surface area contributed by atoms with Crippen molar-refractivity contribution in [3.8, 4) is 0 Å². The summed E-state index contributed by atoms with van der Waals surface area (Å²) in [6.45, 7) is 5.29. The van der Waals surface area contributed by atoms with E-state index in [0.717, 1.165) is 44.8 Å². The van der Waals surface area contributed by atoms with E-state index in [-0.39, 0.29) is 11.9 Å². The molecule has 1 atom stereocenters. The molecule has 1 aliphatic heterocycles. The summed E-state index contributed by atoms with van der Waals surface area (Å²) in [7, 11) is 0. The van der Waals surface area contributed by atoms with Crippen molar-refractivity contribution in [2.24, 2.45) is 5.73 Å². The predicted molar refractivity (Wildman–Crippen MR) is 80.5 cm³/mol. The molecule has 0 spiro atoms. The van der Waals surface area contributed by atoms with Crippen LogP contribution in [0, 0.1) is 0 Å². The van der Waals surface area contributed by atoms with Crippen LogP contribution in [-0.2, 0) is 4.79 Å². The Morgan fingerprint density at radius 2 is 2.10 bits per heavy atom. The third-order valence-electron chi connectivity index (χ3n) is 3.70. The molecule has 0 aromatic carbocycles. The molecule has 1 aromatic heterocycles. The fourth-order valence-corrected chi connectivity index (χ4v) is 2.55. The monoisotopic (exact) mass is 276 g/mol. The van der Waals surface area contributed by atoms with Crippen LogP contribution in [-0.4, -0.2) is 48.0 Å². The number of anilines is 1. The van der Waals surface area contributed by atoms with Gasteiger partial charge in [0.15, 0.2) is 0 Å². The third kappa shape index (κ3) is 3.93. The summed E-state index contributed by atoms with van der Waals surface area (Å²) in [4.78, 5) is 20.6. The van der Waals surface area contributed by atoms with Crippen LogP contribution in [0.25, 0.3) is 0 Å². The van der Waals surface area contributed by atoms with Gasteiger partial charge >= 0.3 is 0 Å². The molecule has 110 valence electrons. The molecule has 1 amide bonds. The maximum atomic E-state index is 12.1.